The van der Waals surface area contributed by atoms with E-state index < -0.39 is 0 Å². The van der Waals surface area contributed by atoms with Crippen LogP contribution in [0.1, 0.15) is 41.4 Å². The third kappa shape index (κ3) is 4.18. The number of nitriles is 1. The van der Waals surface area contributed by atoms with E-state index in [1.165, 1.54) is 11.8 Å². The Bertz CT molecular complexity index is 1510. The van der Waals surface area contributed by atoms with Crippen LogP contribution in [0.2, 0.25) is 0 Å². The summed E-state index contributed by atoms with van der Waals surface area (Å²) in [5.74, 6) is 0. The van der Waals surface area contributed by atoms with Crippen molar-refractivity contribution in [2.45, 2.75) is 49.6 Å². The van der Waals surface area contributed by atoms with Crippen LogP contribution in [-0.2, 0) is 0 Å². The smallest absolute Gasteiger partial charge is 0.219 e. The molecule has 0 aromatic carbocycles. The number of piperidine rings is 1. The second-order valence-electron chi connectivity index (χ2n) is 9.11. The second kappa shape index (κ2) is 9.18. The number of nitrogens with zero attached hydrogens (tertiary/aromatic N) is 8. The molecule has 5 rings (SSSR count). The molecule has 0 N–H and O–H groups in total. The van der Waals surface area contributed by atoms with Crippen molar-refractivity contribution in [1.82, 2.24) is 29.3 Å². The first-order valence-corrected chi connectivity index (χ1v) is 12.4. The van der Waals surface area contributed by atoms with Crippen molar-refractivity contribution in [2.24, 2.45) is 0 Å². The lowest BCUT2D eigenvalue weighted by atomic mass is 10.0. The molecule has 0 spiro atoms. The van der Waals surface area contributed by atoms with Gasteiger partial charge in [-0.1, -0.05) is 11.8 Å². The third-order valence-corrected chi connectivity index (χ3v) is 7.85. The predicted octanol–water partition coefficient (Wildman–Crippen LogP) is 5.36. The maximum atomic E-state index is 9.70. The zero-order chi connectivity index (χ0) is 24.7. The quantitative estimate of drug-likeness (QED) is 0.365. The van der Waals surface area contributed by atoms with Gasteiger partial charge >= 0.3 is 0 Å². The highest BCUT2D eigenvalue weighted by molar-refractivity contribution is 7.99. The molecule has 8 nitrogen and oxygen atoms in total. The molecule has 0 aliphatic carbocycles. The number of fused-ring (bicyclic) bond motifs is 1. The van der Waals surface area contributed by atoms with Crippen molar-refractivity contribution in [3.8, 4) is 17.2 Å². The van der Waals surface area contributed by atoms with Gasteiger partial charge in [0.2, 0.25) is 5.69 Å². The zero-order valence-electron chi connectivity index (χ0n) is 20.3. The number of hydrogen-bond acceptors (Lipinski definition) is 6. The number of pyridine rings is 2. The van der Waals surface area contributed by atoms with Crippen LogP contribution < -0.4 is 0 Å². The Hall–Kier alpha value is -3.66. The van der Waals surface area contributed by atoms with E-state index in [2.05, 4.69) is 45.6 Å². The largest absolute Gasteiger partial charge is 0.306 e. The molecule has 0 amide bonds. The van der Waals surface area contributed by atoms with E-state index in [0.717, 1.165) is 64.4 Å². The highest BCUT2D eigenvalue weighted by Crippen LogP contribution is 2.40. The molecule has 9 heteroatoms. The van der Waals surface area contributed by atoms with Crippen LogP contribution >= 0.6 is 11.8 Å². The maximum Gasteiger partial charge on any atom is 0.219 e. The van der Waals surface area contributed by atoms with E-state index >= 15 is 0 Å². The number of aryl methyl sites for hydroxylation is 2. The predicted molar refractivity (Wildman–Crippen MR) is 136 cm³/mol. The van der Waals surface area contributed by atoms with Gasteiger partial charge in [0.15, 0.2) is 0 Å². The molecule has 1 aliphatic heterocycles. The maximum absolute atomic E-state index is 9.70. The fourth-order valence-electron chi connectivity index (χ4n) is 4.63. The standard InChI is InChI=1S/C26H26N8S/c1-16-10-23(28-4)26(31-17(16)2)35-24-11-19(15-33-25(24)20(12-27)13-29-33)22-14-30-34(18(22)3)21-6-8-32(5)9-7-21/h10-11,13-15,21H,6-9H2,1-3,5H3. The van der Waals surface area contributed by atoms with E-state index in [0.29, 0.717) is 22.3 Å². The Kier molecular flexibility index (Phi) is 6.06. The van der Waals surface area contributed by atoms with E-state index in [1.807, 2.05) is 32.3 Å². The van der Waals surface area contributed by atoms with E-state index in [9.17, 15) is 5.26 Å². The average molecular weight is 483 g/mol. The van der Waals surface area contributed by atoms with Gasteiger partial charge in [0.25, 0.3) is 0 Å². The van der Waals surface area contributed by atoms with Crippen LogP contribution in [0, 0.1) is 38.7 Å². The molecule has 0 bridgehead atoms. The Balaban J connectivity index is 1.61. The van der Waals surface area contributed by atoms with Gasteiger partial charge in [-0.3, -0.25) is 9.67 Å². The molecule has 0 atom stereocenters. The highest BCUT2D eigenvalue weighted by atomic mass is 32.2. The molecule has 1 aliphatic rings. The highest BCUT2D eigenvalue weighted by Gasteiger charge is 2.23. The molecule has 35 heavy (non-hydrogen) atoms. The van der Waals surface area contributed by atoms with E-state index in [1.54, 1.807) is 10.7 Å². The SMILES string of the molecule is [C-]#[N+]c1cc(C)c(C)nc1Sc1cc(-c2cnn(C3CCN(C)CC3)c2C)cn2ncc(C#N)c12. The van der Waals surface area contributed by atoms with Crippen molar-refractivity contribution in [1.29, 1.82) is 5.26 Å². The molecule has 176 valence electrons. The first-order valence-electron chi connectivity index (χ1n) is 11.6. The summed E-state index contributed by atoms with van der Waals surface area (Å²) < 4.78 is 3.91. The Morgan fingerprint density at radius 1 is 1.14 bits per heavy atom. The number of likely N-dealkylation sites (tertiary alicyclic amines) is 1. The molecule has 0 unspecified atom stereocenters. The molecular weight excluding hydrogens is 456 g/mol. The Labute approximate surface area is 209 Å². The topological polar surface area (TPSA) is 79.4 Å². The van der Waals surface area contributed by atoms with Gasteiger partial charge in [-0.05, 0) is 71.4 Å². The minimum atomic E-state index is 0.397. The van der Waals surface area contributed by atoms with Crippen LogP contribution in [0.15, 0.2) is 40.6 Å². The summed E-state index contributed by atoms with van der Waals surface area (Å²) in [6, 6.07) is 6.58. The number of hydrogen-bond donors (Lipinski definition) is 0. The molecule has 0 radical (unpaired) electrons. The fourth-order valence-corrected chi connectivity index (χ4v) is 5.72. The monoisotopic (exact) mass is 482 g/mol. The van der Waals surface area contributed by atoms with Gasteiger partial charge in [0.1, 0.15) is 11.1 Å². The normalized spacial score (nSPS) is 14.8. The van der Waals surface area contributed by atoms with Crippen LogP contribution in [0.4, 0.5) is 5.69 Å². The summed E-state index contributed by atoms with van der Waals surface area (Å²) in [6.07, 6.45) is 7.63. The molecule has 1 saturated heterocycles. The van der Waals surface area contributed by atoms with Crippen molar-refractivity contribution in [2.75, 3.05) is 20.1 Å². The third-order valence-electron chi connectivity index (χ3n) is 6.83. The van der Waals surface area contributed by atoms with Crippen LogP contribution in [-0.4, -0.2) is 49.4 Å². The second-order valence-corrected chi connectivity index (χ2v) is 10.1. The summed E-state index contributed by atoms with van der Waals surface area (Å²) in [4.78, 5) is 11.6. The molecular formula is C26H26N8S. The lowest BCUT2D eigenvalue weighted by Crippen LogP contribution is -2.32. The minimum Gasteiger partial charge on any atom is -0.306 e. The summed E-state index contributed by atoms with van der Waals surface area (Å²) in [7, 11) is 2.16. The van der Waals surface area contributed by atoms with Crippen molar-refractivity contribution in [3.05, 3.63) is 64.7 Å². The first-order chi connectivity index (χ1) is 16.9. The lowest BCUT2D eigenvalue weighted by Gasteiger charge is -2.29. The van der Waals surface area contributed by atoms with Gasteiger partial charge in [-0.15, -0.1) is 0 Å². The molecule has 4 aromatic heterocycles. The van der Waals surface area contributed by atoms with Gasteiger partial charge in [-0.25, -0.2) is 9.36 Å². The van der Waals surface area contributed by atoms with Crippen molar-refractivity contribution in [3.63, 3.8) is 0 Å². The summed E-state index contributed by atoms with van der Waals surface area (Å²) >= 11 is 1.41. The molecule has 1 fully saturated rings. The van der Waals surface area contributed by atoms with Crippen LogP contribution in [0.5, 0.6) is 0 Å². The van der Waals surface area contributed by atoms with E-state index in [4.69, 9.17) is 16.7 Å². The Morgan fingerprint density at radius 2 is 1.91 bits per heavy atom. The fraction of sp³-hybridized carbons (Fsp3) is 0.346. The van der Waals surface area contributed by atoms with Gasteiger partial charge in [-0.2, -0.15) is 15.5 Å². The summed E-state index contributed by atoms with van der Waals surface area (Å²) in [6.45, 7) is 15.8. The van der Waals surface area contributed by atoms with Crippen molar-refractivity contribution >= 4 is 23.0 Å². The zero-order valence-corrected chi connectivity index (χ0v) is 21.1. The first kappa shape index (κ1) is 23.1. The van der Waals surface area contributed by atoms with Crippen LogP contribution in [0.25, 0.3) is 21.5 Å². The summed E-state index contributed by atoms with van der Waals surface area (Å²) in [5, 5.41) is 19.5. The van der Waals surface area contributed by atoms with E-state index in [-0.39, 0.29) is 0 Å². The van der Waals surface area contributed by atoms with Gasteiger partial charge < -0.3 is 4.90 Å². The van der Waals surface area contributed by atoms with Crippen LogP contribution in [0.3, 0.4) is 0 Å². The Morgan fingerprint density at radius 3 is 2.63 bits per heavy atom. The van der Waals surface area contributed by atoms with Gasteiger partial charge in [0.05, 0.1) is 36.1 Å². The van der Waals surface area contributed by atoms with Gasteiger partial charge in [0, 0.05) is 33.6 Å². The molecule has 0 saturated carbocycles. The minimum absolute atomic E-state index is 0.397. The summed E-state index contributed by atoms with van der Waals surface area (Å²) in [5.41, 5.74) is 6.72. The van der Waals surface area contributed by atoms with Crippen molar-refractivity contribution < 1.29 is 0 Å². The lowest BCUT2D eigenvalue weighted by molar-refractivity contribution is 0.210. The number of rotatable bonds is 4. The average Bonchev–Trinajstić information content (AvgIpc) is 3.45. The number of aromatic nitrogens is 5. The molecule has 5 heterocycles. The molecule has 4 aromatic rings.